The minimum atomic E-state index is -1.58. The van der Waals surface area contributed by atoms with Crippen LogP contribution in [-0.4, -0.2) is 36.0 Å². The molecule has 1 amide bonds. The number of benzene rings is 1. The Balaban J connectivity index is 3.02. The van der Waals surface area contributed by atoms with Gasteiger partial charge in [-0.25, -0.2) is 9.59 Å². The van der Waals surface area contributed by atoms with Crippen LogP contribution < -0.4 is 11.1 Å². The number of nitrogens with two attached hydrogens (primary N) is 1. The van der Waals surface area contributed by atoms with Crippen molar-refractivity contribution in [3.05, 3.63) is 29.8 Å². The first kappa shape index (κ1) is 17.8. The molecule has 0 aliphatic carbocycles. The third kappa shape index (κ3) is 5.25. The fourth-order valence-corrected chi connectivity index (χ4v) is 1.79. The molecule has 1 rings (SSSR count). The molecule has 122 valence electrons. The first-order valence-corrected chi connectivity index (χ1v) is 6.75. The van der Waals surface area contributed by atoms with Crippen molar-refractivity contribution in [3.8, 4) is 0 Å². The van der Waals surface area contributed by atoms with Crippen molar-refractivity contribution in [2.75, 3.05) is 12.8 Å². The van der Waals surface area contributed by atoms with Crippen LogP contribution in [0.2, 0.25) is 0 Å². The number of rotatable bonds is 4. The fraction of sp³-hybridized carbons (Fsp3) is 0.467. The number of aliphatic hydroxyl groups excluding tert-OH is 1. The van der Waals surface area contributed by atoms with Crippen molar-refractivity contribution in [2.45, 2.75) is 38.5 Å². The molecule has 7 nitrogen and oxygen atoms in total. The Kier molecular flexibility index (Phi) is 5.76. The van der Waals surface area contributed by atoms with Crippen LogP contribution in [-0.2, 0) is 14.3 Å². The Bertz CT molecular complexity index is 539. The molecule has 22 heavy (non-hydrogen) atoms. The predicted molar refractivity (Wildman–Crippen MR) is 81.0 cm³/mol. The molecule has 0 saturated heterocycles. The number of alkyl carbamates (subject to hydrolysis) is 1. The number of nitrogen functional groups attached to an aromatic ring is 1. The molecule has 0 fully saturated rings. The second-order valence-corrected chi connectivity index (χ2v) is 5.76. The third-order valence-electron chi connectivity index (χ3n) is 2.70. The Morgan fingerprint density at radius 3 is 2.45 bits per heavy atom. The minimum Gasteiger partial charge on any atom is -0.467 e. The number of esters is 1. The normalized spacial score (nSPS) is 13.9. The summed E-state index contributed by atoms with van der Waals surface area (Å²) in [6.45, 7) is 5.12. The van der Waals surface area contributed by atoms with Crippen molar-refractivity contribution >= 4 is 17.7 Å². The maximum atomic E-state index is 11.9. The molecule has 1 aromatic carbocycles. The van der Waals surface area contributed by atoms with E-state index in [1.54, 1.807) is 45.0 Å². The summed E-state index contributed by atoms with van der Waals surface area (Å²) >= 11 is 0. The van der Waals surface area contributed by atoms with Crippen LogP contribution >= 0.6 is 0 Å². The van der Waals surface area contributed by atoms with Crippen LogP contribution in [0.3, 0.4) is 0 Å². The van der Waals surface area contributed by atoms with Crippen LogP contribution in [0, 0.1) is 0 Å². The van der Waals surface area contributed by atoms with Gasteiger partial charge in [0.1, 0.15) is 5.60 Å². The third-order valence-corrected chi connectivity index (χ3v) is 2.70. The van der Waals surface area contributed by atoms with Crippen LogP contribution in [0.5, 0.6) is 0 Å². The molecule has 2 atom stereocenters. The lowest BCUT2D eigenvalue weighted by Crippen LogP contribution is -2.43. The molecule has 7 heteroatoms. The lowest BCUT2D eigenvalue weighted by Gasteiger charge is -2.26. The maximum Gasteiger partial charge on any atom is 0.408 e. The zero-order valence-electron chi connectivity index (χ0n) is 13.1. The number of amides is 1. The molecule has 0 aliphatic heterocycles. The molecule has 1 aromatic rings. The van der Waals surface area contributed by atoms with Gasteiger partial charge in [-0.1, -0.05) is 12.1 Å². The fourth-order valence-electron chi connectivity index (χ4n) is 1.79. The molecule has 0 spiro atoms. The molecule has 0 unspecified atom stereocenters. The number of carbonyl (C=O) groups is 2. The standard InChI is InChI=1S/C15H22N2O5/c1-15(2,3)22-14(20)17-11(12(18)13(19)21-4)9-6-5-7-10(16)8-9/h5-8,11-12,18H,16H2,1-4H3,(H,17,20)/t11-,12-/m1/s1. The van der Waals surface area contributed by atoms with Crippen molar-refractivity contribution in [2.24, 2.45) is 0 Å². The summed E-state index contributed by atoms with van der Waals surface area (Å²) in [4.78, 5) is 23.5. The molecular formula is C15H22N2O5. The number of ether oxygens (including phenoxy) is 2. The van der Waals surface area contributed by atoms with Crippen LogP contribution in [0.15, 0.2) is 24.3 Å². The van der Waals surface area contributed by atoms with Crippen molar-refractivity contribution in [1.82, 2.24) is 5.32 Å². The molecule has 4 N–H and O–H groups in total. The van der Waals surface area contributed by atoms with Gasteiger partial charge < -0.3 is 25.6 Å². The van der Waals surface area contributed by atoms with E-state index in [2.05, 4.69) is 10.1 Å². The zero-order chi connectivity index (χ0) is 16.9. The number of nitrogens with one attached hydrogen (secondary N) is 1. The number of methoxy groups -OCH3 is 1. The molecule has 0 heterocycles. The summed E-state index contributed by atoms with van der Waals surface area (Å²) in [6, 6.07) is 5.45. The number of carbonyl (C=O) groups excluding carboxylic acids is 2. The van der Waals surface area contributed by atoms with Gasteiger partial charge in [-0.2, -0.15) is 0 Å². The second kappa shape index (κ2) is 7.13. The van der Waals surface area contributed by atoms with Gasteiger partial charge in [0.2, 0.25) is 0 Å². The molecular weight excluding hydrogens is 288 g/mol. The summed E-state index contributed by atoms with van der Waals surface area (Å²) in [7, 11) is 1.15. The van der Waals surface area contributed by atoms with Crippen molar-refractivity contribution < 1.29 is 24.2 Å². The van der Waals surface area contributed by atoms with E-state index in [4.69, 9.17) is 10.5 Å². The van der Waals surface area contributed by atoms with Crippen LogP contribution in [0.1, 0.15) is 32.4 Å². The molecule has 0 aliphatic rings. The highest BCUT2D eigenvalue weighted by atomic mass is 16.6. The van der Waals surface area contributed by atoms with Gasteiger partial charge in [0.05, 0.1) is 13.2 Å². The highest BCUT2D eigenvalue weighted by Gasteiger charge is 2.31. The number of hydrogen-bond donors (Lipinski definition) is 3. The van der Waals surface area contributed by atoms with E-state index in [-0.39, 0.29) is 0 Å². The van der Waals surface area contributed by atoms with Gasteiger partial charge in [0.15, 0.2) is 6.10 Å². The Labute approximate surface area is 129 Å². The summed E-state index contributed by atoms with van der Waals surface area (Å²) in [5.41, 5.74) is 5.89. The van der Waals surface area contributed by atoms with Crippen molar-refractivity contribution in [1.29, 1.82) is 0 Å². The van der Waals surface area contributed by atoms with E-state index in [1.807, 2.05) is 0 Å². The van der Waals surface area contributed by atoms with E-state index in [0.29, 0.717) is 11.3 Å². The average Bonchev–Trinajstić information content (AvgIpc) is 2.41. The second-order valence-electron chi connectivity index (χ2n) is 5.76. The lowest BCUT2D eigenvalue weighted by molar-refractivity contribution is -0.152. The van der Waals surface area contributed by atoms with E-state index in [9.17, 15) is 14.7 Å². The summed E-state index contributed by atoms with van der Waals surface area (Å²) in [5.74, 6) is -0.872. The lowest BCUT2D eigenvalue weighted by atomic mass is 10.0. The van der Waals surface area contributed by atoms with Gasteiger partial charge in [-0.3, -0.25) is 0 Å². The smallest absolute Gasteiger partial charge is 0.408 e. The Morgan fingerprint density at radius 2 is 1.95 bits per heavy atom. The summed E-state index contributed by atoms with van der Waals surface area (Å²) in [5, 5.41) is 12.5. The van der Waals surface area contributed by atoms with Gasteiger partial charge in [0, 0.05) is 5.69 Å². The number of aliphatic hydroxyl groups is 1. The summed E-state index contributed by atoms with van der Waals surface area (Å²) in [6.07, 6.45) is -2.35. The largest absolute Gasteiger partial charge is 0.467 e. The average molecular weight is 310 g/mol. The topological polar surface area (TPSA) is 111 Å². The van der Waals surface area contributed by atoms with Crippen LogP contribution in [0.25, 0.3) is 0 Å². The SMILES string of the molecule is COC(=O)[C@H](O)[C@H](NC(=O)OC(C)(C)C)c1cccc(N)c1. The van der Waals surface area contributed by atoms with Gasteiger partial charge >= 0.3 is 12.1 Å². The molecule has 0 bridgehead atoms. The highest BCUT2D eigenvalue weighted by molar-refractivity contribution is 5.77. The first-order chi connectivity index (χ1) is 10.1. The number of anilines is 1. The monoisotopic (exact) mass is 310 g/mol. The van der Waals surface area contributed by atoms with E-state index in [0.717, 1.165) is 7.11 Å². The molecule has 0 aromatic heterocycles. The minimum absolute atomic E-state index is 0.436. The van der Waals surface area contributed by atoms with Crippen molar-refractivity contribution in [3.63, 3.8) is 0 Å². The van der Waals surface area contributed by atoms with E-state index < -0.39 is 29.8 Å². The maximum absolute atomic E-state index is 11.9. The van der Waals surface area contributed by atoms with Gasteiger partial charge in [0.25, 0.3) is 0 Å². The molecule has 0 radical (unpaired) electrons. The van der Waals surface area contributed by atoms with Gasteiger partial charge in [-0.05, 0) is 38.5 Å². The number of hydrogen-bond acceptors (Lipinski definition) is 6. The predicted octanol–water partition coefficient (Wildman–Crippen LogP) is 1.37. The highest BCUT2D eigenvalue weighted by Crippen LogP contribution is 2.21. The molecule has 0 saturated carbocycles. The van der Waals surface area contributed by atoms with Gasteiger partial charge in [-0.15, -0.1) is 0 Å². The first-order valence-electron chi connectivity index (χ1n) is 6.75. The quantitative estimate of drug-likeness (QED) is 0.572. The Morgan fingerprint density at radius 1 is 1.32 bits per heavy atom. The van der Waals surface area contributed by atoms with E-state index in [1.165, 1.54) is 0 Å². The van der Waals surface area contributed by atoms with E-state index >= 15 is 0 Å². The zero-order valence-corrected chi connectivity index (χ0v) is 13.1. The van der Waals surface area contributed by atoms with Crippen LogP contribution in [0.4, 0.5) is 10.5 Å². The Hall–Kier alpha value is -2.28. The summed E-state index contributed by atoms with van der Waals surface area (Å²) < 4.78 is 9.65.